The average Bonchev–Trinajstić information content (AvgIpc) is 3.20. The third-order valence-corrected chi connectivity index (χ3v) is 7.24. The molecule has 2 heterocycles. The van der Waals surface area contributed by atoms with E-state index in [2.05, 4.69) is 51.4 Å². The summed E-state index contributed by atoms with van der Waals surface area (Å²) in [5.74, 6) is 1.01. The second-order valence-electron chi connectivity index (χ2n) is 8.44. The number of nitrogens with two attached hydrogens (primary N) is 2. The molecule has 2 aromatic heterocycles. The number of nitrogen functional groups attached to an aromatic ring is 1. The van der Waals surface area contributed by atoms with Crippen LogP contribution in [0, 0.1) is 5.92 Å². The van der Waals surface area contributed by atoms with Crippen molar-refractivity contribution in [3.8, 4) is 11.1 Å². The van der Waals surface area contributed by atoms with Crippen LogP contribution in [0.3, 0.4) is 0 Å². The minimum atomic E-state index is -0.215. The summed E-state index contributed by atoms with van der Waals surface area (Å²) >= 11 is 3.67. The summed E-state index contributed by atoms with van der Waals surface area (Å²) in [6, 6.07) is 14.7. The second-order valence-corrected chi connectivity index (χ2v) is 9.23. The molecule has 0 unspecified atom stereocenters. The number of aromatic nitrogens is 3. The molecule has 1 aliphatic carbocycles. The Balaban J connectivity index is 1.54. The summed E-state index contributed by atoms with van der Waals surface area (Å²) < 4.78 is 2.52. The molecular formula is C24H24BrN5O. The molecule has 2 aromatic carbocycles. The molecule has 1 fully saturated rings. The van der Waals surface area contributed by atoms with E-state index in [0.717, 1.165) is 52.6 Å². The van der Waals surface area contributed by atoms with Gasteiger partial charge in [0.2, 0.25) is 5.91 Å². The van der Waals surface area contributed by atoms with E-state index in [1.807, 2.05) is 18.3 Å². The van der Waals surface area contributed by atoms with Crippen LogP contribution in [0.15, 0.2) is 53.1 Å². The summed E-state index contributed by atoms with van der Waals surface area (Å²) in [5, 5.41) is 6.89. The van der Waals surface area contributed by atoms with Gasteiger partial charge in [0.15, 0.2) is 5.65 Å². The van der Waals surface area contributed by atoms with Crippen molar-refractivity contribution in [1.82, 2.24) is 14.6 Å². The summed E-state index contributed by atoms with van der Waals surface area (Å²) in [5.41, 5.74) is 15.6. The maximum absolute atomic E-state index is 11.3. The lowest BCUT2D eigenvalue weighted by molar-refractivity contribution is -0.119. The van der Waals surface area contributed by atoms with Crippen molar-refractivity contribution in [2.24, 2.45) is 11.7 Å². The van der Waals surface area contributed by atoms with Gasteiger partial charge in [-0.25, -0.2) is 4.98 Å². The molecule has 5 rings (SSSR count). The first-order valence-electron chi connectivity index (χ1n) is 10.6. The van der Waals surface area contributed by atoms with Crippen LogP contribution in [0.4, 0.5) is 5.82 Å². The molecular weight excluding hydrogens is 454 g/mol. The van der Waals surface area contributed by atoms with Gasteiger partial charge in [-0.1, -0.05) is 36.4 Å². The van der Waals surface area contributed by atoms with E-state index in [4.69, 9.17) is 16.5 Å². The van der Waals surface area contributed by atoms with E-state index < -0.39 is 0 Å². The van der Waals surface area contributed by atoms with Crippen molar-refractivity contribution in [3.63, 3.8) is 0 Å². The maximum Gasteiger partial charge on any atom is 0.217 e. The summed E-state index contributed by atoms with van der Waals surface area (Å²) in [6.07, 6.45) is 6.20. The first-order valence-corrected chi connectivity index (χ1v) is 11.4. The van der Waals surface area contributed by atoms with Crippen LogP contribution in [-0.2, 0) is 4.79 Å². The first kappa shape index (κ1) is 20.0. The highest BCUT2D eigenvalue weighted by Gasteiger charge is 2.28. The SMILES string of the molecule is NC(=O)C[C@H]1CC[C@@H](c2nc3c(-c4ccc5ccccc5c4)cnn3c(N)c2Br)CC1. The Morgan fingerprint density at radius 1 is 1.10 bits per heavy atom. The molecule has 6 nitrogen and oxygen atoms in total. The molecule has 4 N–H and O–H groups in total. The van der Waals surface area contributed by atoms with E-state index in [-0.39, 0.29) is 5.91 Å². The molecule has 31 heavy (non-hydrogen) atoms. The largest absolute Gasteiger partial charge is 0.383 e. The maximum atomic E-state index is 11.3. The van der Waals surface area contributed by atoms with Crippen molar-refractivity contribution in [3.05, 3.63) is 58.8 Å². The molecule has 0 aliphatic heterocycles. The van der Waals surface area contributed by atoms with E-state index in [1.54, 1.807) is 4.52 Å². The van der Waals surface area contributed by atoms with Gasteiger partial charge in [0, 0.05) is 17.9 Å². The van der Waals surface area contributed by atoms with Crippen LogP contribution in [0.5, 0.6) is 0 Å². The fourth-order valence-corrected chi connectivity index (χ4v) is 5.35. The Hall–Kier alpha value is -2.93. The molecule has 7 heteroatoms. The second kappa shape index (κ2) is 7.96. The molecule has 158 valence electrons. The summed E-state index contributed by atoms with van der Waals surface area (Å²) in [7, 11) is 0. The lowest BCUT2D eigenvalue weighted by Crippen LogP contribution is -2.21. The third kappa shape index (κ3) is 3.67. The number of hydrogen-bond acceptors (Lipinski definition) is 4. The number of carbonyl (C=O) groups excluding carboxylic acids is 1. The molecule has 0 atom stereocenters. The number of fused-ring (bicyclic) bond motifs is 2. The Kier molecular flexibility index (Phi) is 5.14. The topological polar surface area (TPSA) is 99.3 Å². The van der Waals surface area contributed by atoms with Crippen LogP contribution in [0.2, 0.25) is 0 Å². The zero-order chi connectivity index (χ0) is 21.5. The molecule has 0 spiro atoms. The number of hydrogen-bond donors (Lipinski definition) is 2. The lowest BCUT2D eigenvalue weighted by Gasteiger charge is -2.28. The molecule has 0 bridgehead atoms. The van der Waals surface area contributed by atoms with E-state index in [1.165, 1.54) is 10.8 Å². The highest BCUT2D eigenvalue weighted by molar-refractivity contribution is 9.10. The molecule has 4 aromatic rings. The first-order chi connectivity index (χ1) is 15.0. The molecule has 1 amide bonds. The number of carbonyl (C=O) groups is 1. The molecule has 1 saturated carbocycles. The van der Waals surface area contributed by atoms with Gasteiger partial charge in [-0.05, 0) is 69.9 Å². The monoisotopic (exact) mass is 477 g/mol. The number of halogens is 1. The Morgan fingerprint density at radius 3 is 2.58 bits per heavy atom. The van der Waals surface area contributed by atoms with Crippen molar-refractivity contribution in [2.45, 2.75) is 38.0 Å². The van der Waals surface area contributed by atoms with Crippen LogP contribution < -0.4 is 11.5 Å². The van der Waals surface area contributed by atoms with Crippen molar-refractivity contribution < 1.29 is 4.79 Å². The fraction of sp³-hybridized carbons (Fsp3) is 0.292. The van der Waals surface area contributed by atoms with Gasteiger partial charge in [-0.3, -0.25) is 4.79 Å². The summed E-state index contributed by atoms with van der Waals surface area (Å²) in [6.45, 7) is 0. The van der Waals surface area contributed by atoms with Crippen LogP contribution in [0.25, 0.3) is 27.5 Å². The number of primary amides is 1. The van der Waals surface area contributed by atoms with Gasteiger partial charge in [-0.15, -0.1) is 0 Å². The normalized spacial score (nSPS) is 19.1. The summed E-state index contributed by atoms with van der Waals surface area (Å²) in [4.78, 5) is 16.3. The minimum Gasteiger partial charge on any atom is -0.383 e. The number of nitrogens with zero attached hydrogens (tertiary/aromatic N) is 3. The lowest BCUT2D eigenvalue weighted by atomic mass is 9.79. The third-order valence-electron chi connectivity index (χ3n) is 6.43. The van der Waals surface area contributed by atoms with Crippen molar-refractivity contribution in [2.75, 3.05) is 5.73 Å². The molecule has 1 aliphatic rings. The minimum absolute atomic E-state index is 0.215. The Morgan fingerprint density at radius 2 is 1.84 bits per heavy atom. The predicted octanol–water partition coefficient (Wildman–Crippen LogP) is 5.04. The number of amides is 1. The smallest absolute Gasteiger partial charge is 0.217 e. The quantitative estimate of drug-likeness (QED) is 0.429. The highest BCUT2D eigenvalue weighted by atomic mass is 79.9. The zero-order valence-electron chi connectivity index (χ0n) is 17.1. The van der Waals surface area contributed by atoms with Crippen LogP contribution in [0.1, 0.15) is 43.7 Å². The van der Waals surface area contributed by atoms with Crippen LogP contribution >= 0.6 is 15.9 Å². The number of benzene rings is 2. The number of rotatable bonds is 4. The van der Waals surface area contributed by atoms with Gasteiger partial charge >= 0.3 is 0 Å². The van der Waals surface area contributed by atoms with Crippen molar-refractivity contribution in [1.29, 1.82) is 0 Å². The van der Waals surface area contributed by atoms with Crippen molar-refractivity contribution >= 4 is 44.1 Å². The van der Waals surface area contributed by atoms with Gasteiger partial charge in [0.25, 0.3) is 0 Å². The Labute approximate surface area is 188 Å². The van der Waals surface area contributed by atoms with E-state index in [0.29, 0.717) is 24.1 Å². The highest BCUT2D eigenvalue weighted by Crippen LogP contribution is 2.41. The molecule has 0 saturated heterocycles. The van der Waals surface area contributed by atoms with E-state index >= 15 is 0 Å². The Bertz CT molecular complexity index is 1290. The average molecular weight is 478 g/mol. The van der Waals surface area contributed by atoms with E-state index in [9.17, 15) is 4.79 Å². The molecule has 0 radical (unpaired) electrons. The number of anilines is 1. The fourth-order valence-electron chi connectivity index (χ4n) is 4.77. The van der Waals surface area contributed by atoms with Crippen LogP contribution in [-0.4, -0.2) is 20.5 Å². The van der Waals surface area contributed by atoms with Gasteiger partial charge < -0.3 is 11.5 Å². The zero-order valence-corrected chi connectivity index (χ0v) is 18.7. The van der Waals surface area contributed by atoms with Gasteiger partial charge in [0.05, 0.1) is 16.4 Å². The van der Waals surface area contributed by atoms with Gasteiger partial charge in [0.1, 0.15) is 5.82 Å². The standard InChI is InChI=1S/C24H24BrN5O/c25-21-22(16-7-5-14(6-8-16)11-20(26)31)29-24-19(13-28-30(24)23(21)27)18-10-9-15-3-1-2-4-17(15)12-18/h1-4,9-10,12-14,16H,5-8,11,27H2,(H2,26,31)/t14-,16+. The van der Waals surface area contributed by atoms with Gasteiger partial charge in [-0.2, -0.15) is 9.61 Å². The predicted molar refractivity (Wildman–Crippen MR) is 127 cm³/mol.